The Morgan fingerprint density at radius 3 is 1.38 bits per heavy atom. The van der Waals surface area contributed by atoms with E-state index in [0.717, 1.165) is 6.42 Å². The molecule has 0 aromatic carbocycles. The number of ether oxygens (including phenoxy) is 2. The molecule has 0 fully saturated rings. The van der Waals surface area contributed by atoms with Crippen LogP contribution in [0.5, 0.6) is 0 Å². The monoisotopic (exact) mass is 524 g/mol. The minimum absolute atomic E-state index is 0.184. The maximum Gasteiger partial charge on any atom is 0.303 e. The summed E-state index contributed by atoms with van der Waals surface area (Å²) >= 11 is 0. The van der Waals surface area contributed by atoms with Crippen LogP contribution in [0.15, 0.2) is 12.2 Å². The van der Waals surface area contributed by atoms with Gasteiger partial charge in [-0.3, -0.25) is 4.79 Å². The zero-order chi connectivity index (χ0) is 27.1. The molecule has 1 N–H and O–H groups in total. The molecule has 0 radical (unpaired) electrons. The van der Waals surface area contributed by atoms with Crippen LogP contribution in [0.4, 0.5) is 0 Å². The first-order valence-electron chi connectivity index (χ1n) is 16.2. The molecule has 0 heterocycles. The van der Waals surface area contributed by atoms with Gasteiger partial charge in [-0.05, 0) is 32.1 Å². The van der Waals surface area contributed by atoms with E-state index in [0.29, 0.717) is 6.61 Å². The van der Waals surface area contributed by atoms with Crippen LogP contribution in [-0.2, 0) is 14.3 Å². The van der Waals surface area contributed by atoms with Crippen molar-refractivity contribution in [2.24, 2.45) is 0 Å². The van der Waals surface area contributed by atoms with Gasteiger partial charge in [-0.25, -0.2) is 0 Å². The van der Waals surface area contributed by atoms with E-state index in [1.54, 1.807) is 0 Å². The van der Waals surface area contributed by atoms with Crippen LogP contribution in [-0.4, -0.2) is 37.0 Å². The van der Waals surface area contributed by atoms with Crippen LogP contribution < -0.4 is 0 Å². The Balaban J connectivity index is 3.16. The fourth-order valence-electron chi connectivity index (χ4n) is 4.79. The van der Waals surface area contributed by atoms with Crippen molar-refractivity contribution in [2.45, 2.75) is 174 Å². The highest BCUT2D eigenvalue weighted by molar-refractivity contribution is 5.66. The Morgan fingerprint density at radius 1 is 0.622 bits per heavy atom. The lowest BCUT2D eigenvalue weighted by atomic mass is 10.0. The van der Waals surface area contributed by atoms with E-state index in [-0.39, 0.29) is 19.2 Å². The number of carbonyl (C=O) groups is 1. The number of allylic oxidation sites excluding steroid dienone is 2. The highest BCUT2D eigenvalue weighted by Gasteiger charge is 2.10. The Morgan fingerprint density at radius 2 is 1.00 bits per heavy atom. The molecule has 0 rings (SSSR count). The van der Waals surface area contributed by atoms with E-state index in [1.165, 1.54) is 155 Å². The highest BCUT2D eigenvalue weighted by atomic mass is 16.6. The highest BCUT2D eigenvalue weighted by Crippen LogP contribution is 2.14. The molecular formula is C33H64O4. The number of unbranched alkanes of at least 4 members (excludes halogenated alkanes) is 22. The largest absolute Gasteiger partial charge is 0.458 e. The van der Waals surface area contributed by atoms with Gasteiger partial charge in [0, 0.05) is 13.5 Å². The molecule has 0 saturated carbocycles. The second-order valence-electron chi connectivity index (χ2n) is 11.0. The molecule has 0 aliphatic heterocycles. The first kappa shape index (κ1) is 36.1. The number of hydrogen-bond acceptors (Lipinski definition) is 4. The van der Waals surface area contributed by atoms with Crippen molar-refractivity contribution in [3.63, 3.8) is 0 Å². The zero-order valence-electron chi connectivity index (χ0n) is 25.0. The van der Waals surface area contributed by atoms with E-state index in [4.69, 9.17) is 14.6 Å². The molecule has 1 unspecified atom stereocenters. The van der Waals surface area contributed by atoms with E-state index >= 15 is 0 Å². The zero-order valence-corrected chi connectivity index (χ0v) is 25.0. The quantitative estimate of drug-likeness (QED) is 0.0577. The van der Waals surface area contributed by atoms with Crippen LogP contribution >= 0.6 is 0 Å². The fourth-order valence-corrected chi connectivity index (χ4v) is 4.79. The minimum Gasteiger partial charge on any atom is -0.458 e. The van der Waals surface area contributed by atoms with Gasteiger partial charge in [-0.2, -0.15) is 0 Å². The molecule has 4 heteroatoms. The summed E-state index contributed by atoms with van der Waals surface area (Å²) in [5.41, 5.74) is 0. The van der Waals surface area contributed by atoms with Gasteiger partial charge in [0.2, 0.25) is 0 Å². The molecule has 37 heavy (non-hydrogen) atoms. The summed E-state index contributed by atoms with van der Waals surface area (Å²) in [4.78, 5) is 10.9. The number of esters is 1. The third-order valence-corrected chi connectivity index (χ3v) is 7.14. The molecule has 0 bridgehead atoms. The molecule has 0 saturated heterocycles. The maximum absolute atomic E-state index is 10.9. The summed E-state index contributed by atoms with van der Waals surface area (Å²) in [5.74, 6) is -0.374. The van der Waals surface area contributed by atoms with Gasteiger partial charge in [0.05, 0.1) is 13.2 Å². The Labute approximate surface area is 231 Å². The van der Waals surface area contributed by atoms with Gasteiger partial charge in [0.1, 0.15) is 6.10 Å². The third kappa shape index (κ3) is 31.2. The van der Waals surface area contributed by atoms with Gasteiger partial charge in [0.15, 0.2) is 0 Å². The molecule has 0 aliphatic rings. The van der Waals surface area contributed by atoms with E-state index in [1.807, 2.05) is 0 Å². The number of rotatable bonds is 30. The molecule has 0 aromatic heterocycles. The van der Waals surface area contributed by atoms with E-state index in [9.17, 15) is 4.79 Å². The van der Waals surface area contributed by atoms with Crippen molar-refractivity contribution in [3.8, 4) is 0 Å². The molecular weight excluding hydrogens is 460 g/mol. The van der Waals surface area contributed by atoms with Crippen molar-refractivity contribution in [1.29, 1.82) is 0 Å². The molecule has 0 amide bonds. The number of aliphatic hydroxyl groups excluding tert-OH is 1. The molecule has 4 nitrogen and oxygen atoms in total. The second-order valence-corrected chi connectivity index (χ2v) is 11.0. The predicted octanol–water partition coefficient (Wildman–Crippen LogP) is 9.87. The predicted molar refractivity (Wildman–Crippen MR) is 159 cm³/mol. The van der Waals surface area contributed by atoms with Crippen molar-refractivity contribution in [1.82, 2.24) is 0 Å². The molecule has 0 spiro atoms. The number of carbonyl (C=O) groups excluding carboxylic acids is 1. The maximum atomic E-state index is 10.9. The Bertz CT molecular complexity index is 477. The normalized spacial score (nSPS) is 12.4. The summed E-state index contributed by atoms with van der Waals surface area (Å²) in [6.45, 7) is 4.41. The topological polar surface area (TPSA) is 55.8 Å². The number of aliphatic hydroxyl groups is 1. The smallest absolute Gasteiger partial charge is 0.303 e. The summed E-state index contributed by atoms with van der Waals surface area (Å²) < 4.78 is 10.4. The number of hydrogen-bond donors (Lipinski definition) is 1. The minimum atomic E-state index is -0.529. The fraction of sp³-hybridized carbons (Fsp3) is 0.909. The van der Waals surface area contributed by atoms with Gasteiger partial charge >= 0.3 is 5.97 Å². The summed E-state index contributed by atoms with van der Waals surface area (Å²) in [7, 11) is 0. The van der Waals surface area contributed by atoms with Gasteiger partial charge in [-0.1, -0.05) is 141 Å². The average Bonchev–Trinajstić information content (AvgIpc) is 2.89. The van der Waals surface area contributed by atoms with Crippen molar-refractivity contribution in [3.05, 3.63) is 12.2 Å². The average molecular weight is 525 g/mol. The van der Waals surface area contributed by atoms with Crippen molar-refractivity contribution in [2.75, 3.05) is 19.8 Å². The summed E-state index contributed by atoms with van der Waals surface area (Å²) in [6.07, 6.45) is 37.0. The Kier molecular flexibility index (Phi) is 30.6. The SMILES string of the molecule is CCCCCCCCCC/C=C\CCCCCCCCCCCCCCCCOCC(CO)OC(C)=O. The lowest BCUT2D eigenvalue weighted by molar-refractivity contribution is -0.152. The van der Waals surface area contributed by atoms with Crippen LogP contribution in [0.3, 0.4) is 0 Å². The molecule has 0 aromatic rings. The molecule has 1 atom stereocenters. The lowest BCUT2D eigenvalue weighted by Crippen LogP contribution is -2.26. The van der Waals surface area contributed by atoms with Crippen molar-refractivity contribution >= 4 is 5.97 Å². The van der Waals surface area contributed by atoms with E-state index < -0.39 is 6.10 Å². The standard InChI is InChI=1S/C33H64O4/c1-3-4-5-6-7-8-9-10-11-12-13-14-15-16-17-18-19-20-21-22-23-24-25-26-27-28-29-36-31-33(30-34)37-32(2)35/h12-13,33-34H,3-11,14-31H2,1-2H3/b13-12-. The Hall–Kier alpha value is -0.870. The first-order valence-corrected chi connectivity index (χ1v) is 16.2. The molecule has 220 valence electrons. The van der Waals surface area contributed by atoms with Gasteiger partial charge in [-0.15, -0.1) is 0 Å². The third-order valence-electron chi connectivity index (χ3n) is 7.14. The molecule has 0 aliphatic carbocycles. The van der Waals surface area contributed by atoms with Gasteiger partial charge < -0.3 is 14.6 Å². The van der Waals surface area contributed by atoms with Gasteiger partial charge in [0.25, 0.3) is 0 Å². The lowest BCUT2D eigenvalue weighted by Gasteiger charge is -2.14. The van der Waals surface area contributed by atoms with Crippen LogP contribution in [0.2, 0.25) is 0 Å². The van der Waals surface area contributed by atoms with Crippen LogP contribution in [0, 0.1) is 0 Å². The summed E-state index contributed by atoms with van der Waals surface area (Å²) in [6, 6.07) is 0. The first-order chi connectivity index (χ1) is 18.2. The van der Waals surface area contributed by atoms with E-state index in [2.05, 4.69) is 19.1 Å². The summed E-state index contributed by atoms with van der Waals surface area (Å²) in [5, 5.41) is 9.12. The van der Waals surface area contributed by atoms with Crippen LogP contribution in [0.25, 0.3) is 0 Å². The second kappa shape index (κ2) is 31.3. The van der Waals surface area contributed by atoms with Crippen LogP contribution in [0.1, 0.15) is 168 Å². The van der Waals surface area contributed by atoms with Crippen molar-refractivity contribution < 1.29 is 19.4 Å².